The lowest BCUT2D eigenvalue weighted by Crippen LogP contribution is -2.40. The summed E-state index contributed by atoms with van der Waals surface area (Å²) in [5.74, 6) is 1.80. The predicted octanol–water partition coefficient (Wildman–Crippen LogP) is 2.67. The number of nitrogens with one attached hydrogen (secondary N) is 1. The van der Waals surface area contributed by atoms with Crippen LogP contribution >= 0.6 is 0 Å². The second-order valence-corrected chi connectivity index (χ2v) is 7.64. The molecule has 4 aliphatic carbocycles. The molecular weight excluding hydrogens is 300 g/mol. The van der Waals surface area contributed by atoms with Crippen molar-refractivity contribution in [3.05, 3.63) is 42.0 Å². The molecule has 1 aliphatic heterocycles. The maximum absolute atomic E-state index is 12.9. The number of hydrogen-bond acceptors (Lipinski definition) is 3. The normalized spacial score (nSPS) is 38.3. The van der Waals surface area contributed by atoms with Crippen molar-refractivity contribution in [2.45, 2.75) is 19.8 Å². The number of carbonyl (C=O) groups is 2. The third-order valence-electron chi connectivity index (χ3n) is 6.56. The lowest BCUT2D eigenvalue weighted by molar-refractivity contribution is -0.139. The van der Waals surface area contributed by atoms with E-state index in [1.807, 2.05) is 12.1 Å². The van der Waals surface area contributed by atoms with E-state index in [0.29, 0.717) is 23.7 Å². The molecule has 1 N–H and O–H groups in total. The van der Waals surface area contributed by atoms with Crippen LogP contribution in [0.2, 0.25) is 0 Å². The number of carbonyl (C=O) groups excluding carboxylic acids is 2. The Labute approximate surface area is 141 Å². The summed E-state index contributed by atoms with van der Waals surface area (Å²) >= 11 is 0. The van der Waals surface area contributed by atoms with E-state index in [1.165, 1.54) is 16.9 Å². The minimum absolute atomic E-state index is 0.0346. The summed E-state index contributed by atoms with van der Waals surface area (Å²) in [6, 6.07) is 8.18. The summed E-state index contributed by atoms with van der Waals surface area (Å²) in [5.41, 5.74) is 2.23. The monoisotopic (exact) mass is 322 g/mol. The fourth-order valence-corrected chi connectivity index (χ4v) is 5.20. The molecule has 0 aromatic heterocycles. The molecule has 5 aliphatic rings. The molecule has 3 fully saturated rings. The van der Waals surface area contributed by atoms with Crippen molar-refractivity contribution < 1.29 is 9.59 Å². The van der Waals surface area contributed by atoms with Crippen LogP contribution in [0.15, 0.2) is 36.4 Å². The summed E-state index contributed by atoms with van der Waals surface area (Å²) in [6.07, 6.45) is 6.64. The number of rotatable bonds is 4. The van der Waals surface area contributed by atoms with Gasteiger partial charge in [0.1, 0.15) is 0 Å². The Morgan fingerprint density at radius 1 is 1.00 bits per heavy atom. The van der Waals surface area contributed by atoms with Gasteiger partial charge >= 0.3 is 0 Å². The van der Waals surface area contributed by atoms with Gasteiger partial charge in [0, 0.05) is 5.69 Å². The number of likely N-dealkylation sites (tertiary alicyclic amines) is 1. The average molecular weight is 322 g/mol. The van der Waals surface area contributed by atoms with Crippen LogP contribution < -0.4 is 5.32 Å². The van der Waals surface area contributed by atoms with Gasteiger partial charge in [0.25, 0.3) is 0 Å². The van der Waals surface area contributed by atoms with Gasteiger partial charge in [-0.15, -0.1) is 0 Å². The maximum Gasteiger partial charge on any atom is 0.235 e. The molecule has 0 radical (unpaired) electrons. The van der Waals surface area contributed by atoms with Gasteiger partial charge in [0.05, 0.1) is 18.5 Å². The fraction of sp³-hybridized carbons (Fsp3) is 0.500. The molecule has 0 unspecified atom stereocenters. The van der Waals surface area contributed by atoms with Crippen molar-refractivity contribution in [1.82, 2.24) is 4.90 Å². The molecule has 6 atom stereocenters. The van der Waals surface area contributed by atoms with E-state index in [9.17, 15) is 9.59 Å². The zero-order valence-corrected chi connectivity index (χ0v) is 13.8. The quantitative estimate of drug-likeness (QED) is 0.685. The molecule has 4 nitrogen and oxygen atoms in total. The Kier molecular flexibility index (Phi) is 2.94. The molecule has 0 spiro atoms. The van der Waals surface area contributed by atoms with Gasteiger partial charge in [0.2, 0.25) is 11.8 Å². The molecule has 1 heterocycles. The number of hydrogen-bond donors (Lipinski definition) is 1. The van der Waals surface area contributed by atoms with Crippen LogP contribution in [0, 0.1) is 35.5 Å². The van der Waals surface area contributed by atoms with E-state index in [-0.39, 0.29) is 30.3 Å². The first-order valence-electron chi connectivity index (χ1n) is 9.05. The van der Waals surface area contributed by atoms with Gasteiger partial charge < -0.3 is 5.32 Å². The minimum atomic E-state index is -0.0967. The summed E-state index contributed by atoms with van der Waals surface area (Å²) in [7, 11) is 0. The molecule has 4 heteroatoms. The van der Waals surface area contributed by atoms with Crippen LogP contribution in [0.1, 0.15) is 18.9 Å². The van der Waals surface area contributed by atoms with Crippen LogP contribution in [-0.2, 0) is 16.0 Å². The average Bonchev–Trinajstić information content (AvgIpc) is 3.39. The highest BCUT2D eigenvalue weighted by molar-refractivity contribution is 6.06. The number of aryl methyl sites for hydroxylation is 1. The highest BCUT2D eigenvalue weighted by Crippen LogP contribution is 2.65. The smallest absolute Gasteiger partial charge is 0.235 e. The molecule has 2 bridgehead atoms. The van der Waals surface area contributed by atoms with Gasteiger partial charge in [-0.2, -0.15) is 0 Å². The lowest BCUT2D eigenvalue weighted by Gasteiger charge is -2.37. The molecule has 1 aromatic rings. The van der Waals surface area contributed by atoms with E-state index in [1.54, 1.807) is 0 Å². The molecule has 1 aromatic carbocycles. The number of amides is 2. The van der Waals surface area contributed by atoms with E-state index < -0.39 is 0 Å². The Morgan fingerprint density at radius 3 is 2.12 bits per heavy atom. The van der Waals surface area contributed by atoms with Gasteiger partial charge in [-0.1, -0.05) is 31.2 Å². The number of imide groups is 1. The van der Waals surface area contributed by atoms with Crippen LogP contribution in [0.4, 0.5) is 5.69 Å². The van der Waals surface area contributed by atoms with Crippen LogP contribution in [0.3, 0.4) is 0 Å². The van der Waals surface area contributed by atoms with E-state index >= 15 is 0 Å². The molecule has 6 rings (SSSR count). The second-order valence-electron chi connectivity index (χ2n) is 7.64. The first kappa shape index (κ1) is 14.3. The first-order chi connectivity index (χ1) is 11.7. The second kappa shape index (κ2) is 4.95. The predicted molar refractivity (Wildman–Crippen MR) is 90.9 cm³/mol. The highest BCUT2D eigenvalue weighted by Gasteiger charge is 2.66. The Balaban J connectivity index is 1.33. The number of benzene rings is 1. The van der Waals surface area contributed by atoms with Gasteiger partial charge in [-0.25, -0.2) is 0 Å². The van der Waals surface area contributed by atoms with Crippen molar-refractivity contribution in [3.8, 4) is 0 Å². The van der Waals surface area contributed by atoms with Gasteiger partial charge in [-0.3, -0.25) is 14.5 Å². The zero-order valence-electron chi connectivity index (χ0n) is 13.8. The standard InChI is InChI=1S/C20H22N2O2/c1-2-11-3-5-12(6-4-11)21-10-22-19(23)17-13-7-8-14(16-9-15(13)16)18(17)20(22)24/h3-8,13-18,21H,2,9-10H2,1H3/t13-,14+,15-,16-,17+,18-/m1/s1. The minimum Gasteiger partial charge on any atom is -0.367 e. The van der Waals surface area contributed by atoms with Gasteiger partial charge in [-0.05, 0) is 54.2 Å². The third-order valence-corrected chi connectivity index (χ3v) is 6.56. The van der Waals surface area contributed by atoms with Gasteiger partial charge in [0.15, 0.2) is 0 Å². The zero-order chi connectivity index (χ0) is 16.4. The van der Waals surface area contributed by atoms with Crippen molar-refractivity contribution in [3.63, 3.8) is 0 Å². The van der Waals surface area contributed by atoms with E-state index in [0.717, 1.165) is 12.1 Å². The van der Waals surface area contributed by atoms with Crippen LogP contribution in [0.25, 0.3) is 0 Å². The van der Waals surface area contributed by atoms with Crippen LogP contribution in [0.5, 0.6) is 0 Å². The topological polar surface area (TPSA) is 49.4 Å². The molecule has 124 valence electrons. The van der Waals surface area contributed by atoms with Crippen molar-refractivity contribution in [1.29, 1.82) is 0 Å². The summed E-state index contributed by atoms with van der Waals surface area (Å²) in [5, 5.41) is 3.24. The SMILES string of the molecule is CCc1ccc(NCN2C(=O)[C@@H]3[C@H]4C=C[C@H]([C@H]5C[C@H]45)[C@@H]3C2=O)cc1. The molecule has 2 saturated carbocycles. The van der Waals surface area contributed by atoms with Crippen molar-refractivity contribution >= 4 is 17.5 Å². The molecular formula is C20H22N2O2. The Morgan fingerprint density at radius 2 is 1.58 bits per heavy atom. The molecule has 24 heavy (non-hydrogen) atoms. The Hall–Kier alpha value is -2.10. The summed E-state index contributed by atoms with van der Waals surface area (Å²) < 4.78 is 0. The van der Waals surface area contributed by atoms with Crippen molar-refractivity contribution in [2.24, 2.45) is 35.5 Å². The maximum atomic E-state index is 12.9. The number of allylic oxidation sites excluding steroid dienone is 2. The first-order valence-corrected chi connectivity index (χ1v) is 9.05. The molecule has 1 saturated heterocycles. The number of nitrogens with zero attached hydrogens (tertiary/aromatic N) is 1. The van der Waals surface area contributed by atoms with Crippen LogP contribution in [-0.4, -0.2) is 23.4 Å². The lowest BCUT2D eigenvalue weighted by atomic mass is 9.63. The van der Waals surface area contributed by atoms with E-state index in [4.69, 9.17) is 0 Å². The van der Waals surface area contributed by atoms with Crippen molar-refractivity contribution in [2.75, 3.05) is 12.0 Å². The Bertz CT molecular complexity index is 703. The summed E-state index contributed by atoms with van der Waals surface area (Å²) in [4.78, 5) is 27.2. The fourth-order valence-electron chi connectivity index (χ4n) is 5.20. The largest absolute Gasteiger partial charge is 0.367 e. The highest BCUT2D eigenvalue weighted by atomic mass is 16.2. The van der Waals surface area contributed by atoms with E-state index in [2.05, 4.69) is 36.5 Å². The summed E-state index contributed by atoms with van der Waals surface area (Å²) in [6.45, 7) is 2.41. The third kappa shape index (κ3) is 1.86. The molecule has 2 amide bonds. The number of anilines is 1.